The van der Waals surface area contributed by atoms with E-state index in [1.54, 1.807) is 18.2 Å². The molecular formula is C26H28ClN5O2S. The Morgan fingerprint density at radius 1 is 1.20 bits per heavy atom. The summed E-state index contributed by atoms with van der Waals surface area (Å²) in [5, 5.41) is 12.9. The van der Waals surface area contributed by atoms with Gasteiger partial charge in [-0.1, -0.05) is 53.7 Å². The van der Waals surface area contributed by atoms with Gasteiger partial charge in [-0.3, -0.25) is 9.59 Å². The number of aryl methyl sites for hydroxylation is 1. The zero-order valence-electron chi connectivity index (χ0n) is 19.8. The van der Waals surface area contributed by atoms with Crippen LogP contribution in [0.5, 0.6) is 0 Å². The van der Waals surface area contributed by atoms with Gasteiger partial charge in [-0.05, 0) is 56.0 Å². The number of hydrogen-bond donors (Lipinski definition) is 1. The fourth-order valence-corrected chi connectivity index (χ4v) is 5.19. The van der Waals surface area contributed by atoms with E-state index in [-0.39, 0.29) is 23.6 Å². The first kappa shape index (κ1) is 25.0. The molecule has 2 heterocycles. The molecule has 0 bridgehead atoms. The summed E-state index contributed by atoms with van der Waals surface area (Å²) in [6.07, 6.45) is 3.48. The number of thioether (sulfide) groups is 1. The maximum atomic E-state index is 13.3. The lowest BCUT2D eigenvalue weighted by atomic mass is 10.1. The van der Waals surface area contributed by atoms with Crippen molar-refractivity contribution in [1.29, 1.82) is 0 Å². The van der Waals surface area contributed by atoms with E-state index in [4.69, 9.17) is 11.6 Å². The monoisotopic (exact) mass is 509 g/mol. The first-order valence-electron chi connectivity index (χ1n) is 11.5. The summed E-state index contributed by atoms with van der Waals surface area (Å²) in [7, 11) is 0. The summed E-state index contributed by atoms with van der Waals surface area (Å²) in [6, 6.07) is 12.9. The Kier molecular flexibility index (Phi) is 7.93. The summed E-state index contributed by atoms with van der Waals surface area (Å²) in [5.41, 5.74) is 3.17. The molecule has 1 atom stereocenters. The smallest absolute Gasteiger partial charge is 0.254 e. The van der Waals surface area contributed by atoms with Crippen LogP contribution in [0.3, 0.4) is 0 Å². The van der Waals surface area contributed by atoms with E-state index in [1.807, 2.05) is 53.6 Å². The third kappa shape index (κ3) is 5.44. The Labute approximate surface area is 214 Å². The minimum absolute atomic E-state index is 0.00391. The summed E-state index contributed by atoms with van der Waals surface area (Å²) < 4.78 is 1.95. The lowest BCUT2D eigenvalue weighted by molar-refractivity contribution is -0.113. The zero-order chi connectivity index (χ0) is 24.9. The Balaban J connectivity index is 1.50. The van der Waals surface area contributed by atoms with Gasteiger partial charge in [-0.25, -0.2) is 0 Å². The molecule has 2 aromatic carbocycles. The number of carbonyl (C=O) groups excluding carboxylic acids is 2. The van der Waals surface area contributed by atoms with Crippen molar-refractivity contribution in [3.8, 4) is 0 Å². The molecule has 2 amide bonds. The van der Waals surface area contributed by atoms with Crippen LogP contribution in [0.15, 0.2) is 60.3 Å². The number of aromatic nitrogens is 3. The molecule has 1 aromatic heterocycles. The van der Waals surface area contributed by atoms with Gasteiger partial charge in [0.15, 0.2) is 11.0 Å². The molecule has 182 valence electrons. The number of benzene rings is 2. The average Bonchev–Trinajstić information content (AvgIpc) is 3.48. The van der Waals surface area contributed by atoms with Gasteiger partial charge in [0.05, 0.1) is 11.8 Å². The number of carbonyl (C=O) groups is 2. The average molecular weight is 510 g/mol. The fourth-order valence-electron chi connectivity index (χ4n) is 4.26. The highest BCUT2D eigenvalue weighted by Crippen LogP contribution is 2.34. The topological polar surface area (TPSA) is 80.1 Å². The molecule has 4 rings (SSSR count). The van der Waals surface area contributed by atoms with Crippen molar-refractivity contribution in [2.24, 2.45) is 0 Å². The molecule has 7 nitrogen and oxygen atoms in total. The van der Waals surface area contributed by atoms with Crippen LogP contribution in [0, 0.1) is 13.8 Å². The van der Waals surface area contributed by atoms with Crippen molar-refractivity contribution >= 4 is 40.9 Å². The Bertz CT molecular complexity index is 1260. The second-order valence-electron chi connectivity index (χ2n) is 8.46. The lowest BCUT2D eigenvalue weighted by Crippen LogP contribution is -2.32. The van der Waals surface area contributed by atoms with E-state index in [2.05, 4.69) is 22.1 Å². The molecule has 1 fully saturated rings. The second kappa shape index (κ2) is 11.1. The summed E-state index contributed by atoms with van der Waals surface area (Å²) in [4.78, 5) is 27.8. The minimum Gasteiger partial charge on any atom is -0.328 e. The van der Waals surface area contributed by atoms with Crippen LogP contribution in [0.2, 0.25) is 5.02 Å². The first-order valence-corrected chi connectivity index (χ1v) is 12.9. The van der Waals surface area contributed by atoms with Crippen molar-refractivity contribution in [2.75, 3.05) is 17.6 Å². The maximum Gasteiger partial charge on any atom is 0.254 e. The van der Waals surface area contributed by atoms with E-state index in [0.29, 0.717) is 34.5 Å². The number of nitrogens with one attached hydrogen (secondary N) is 1. The van der Waals surface area contributed by atoms with Gasteiger partial charge in [-0.2, -0.15) is 0 Å². The number of nitrogens with zero attached hydrogens (tertiary/aromatic N) is 4. The van der Waals surface area contributed by atoms with Gasteiger partial charge < -0.3 is 14.8 Å². The number of likely N-dealkylation sites (tertiary alicyclic amines) is 1. The number of rotatable bonds is 8. The molecule has 35 heavy (non-hydrogen) atoms. The van der Waals surface area contributed by atoms with Gasteiger partial charge in [0, 0.05) is 29.4 Å². The molecule has 0 spiro atoms. The van der Waals surface area contributed by atoms with Crippen LogP contribution in [0.1, 0.15) is 46.2 Å². The number of anilines is 1. The predicted octanol–water partition coefficient (Wildman–Crippen LogP) is 5.44. The molecule has 0 saturated carbocycles. The largest absolute Gasteiger partial charge is 0.328 e. The Morgan fingerprint density at radius 3 is 2.77 bits per heavy atom. The molecule has 1 saturated heterocycles. The van der Waals surface area contributed by atoms with Crippen LogP contribution in [-0.2, 0) is 11.3 Å². The van der Waals surface area contributed by atoms with Crippen LogP contribution in [0.25, 0.3) is 0 Å². The quantitative estimate of drug-likeness (QED) is 0.323. The van der Waals surface area contributed by atoms with Gasteiger partial charge >= 0.3 is 0 Å². The van der Waals surface area contributed by atoms with E-state index >= 15 is 0 Å². The fraction of sp³-hybridized carbons (Fsp3) is 0.308. The van der Waals surface area contributed by atoms with Crippen molar-refractivity contribution in [3.63, 3.8) is 0 Å². The lowest BCUT2D eigenvalue weighted by Gasteiger charge is -2.25. The minimum atomic E-state index is -0.174. The molecule has 1 aliphatic rings. The third-order valence-corrected chi connectivity index (χ3v) is 7.49. The van der Waals surface area contributed by atoms with Gasteiger partial charge in [-0.15, -0.1) is 16.8 Å². The highest BCUT2D eigenvalue weighted by Gasteiger charge is 2.35. The van der Waals surface area contributed by atoms with Crippen LogP contribution >= 0.6 is 23.4 Å². The second-order valence-corrected chi connectivity index (χ2v) is 9.81. The molecule has 1 N–H and O–H groups in total. The van der Waals surface area contributed by atoms with Crippen LogP contribution in [-0.4, -0.2) is 43.8 Å². The van der Waals surface area contributed by atoms with Crippen molar-refractivity contribution in [1.82, 2.24) is 19.7 Å². The van der Waals surface area contributed by atoms with Crippen LogP contribution < -0.4 is 5.32 Å². The van der Waals surface area contributed by atoms with Gasteiger partial charge in [0.1, 0.15) is 0 Å². The van der Waals surface area contributed by atoms with Crippen molar-refractivity contribution in [3.05, 3.63) is 82.7 Å². The summed E-state index contributed by atoms with van der Waals surface area (Å²) >= 11 is 7.46. The van der Waals surface area contributed by atoms with Gasteiger partial charge in [0.2, 0.25) is 5.91 Å². The molecular weight excluding hydrogens is 482 g/mol. The maximum absolute atomic E-state index is 13.3. The molecule has 9 heteroatoms. The molecule has 0 radical (unpaired) electrons. The predicted molar refractivity (Wildman–Crippen MR) is 140 cm³/mol. The van der Waals surface area contributed by atoms with E-state index < -0.39 is 0 Å². The molecule has 1 aliphatic heterocycles. The zero-order valence-corrected chi connectivity index (χ0v) is 21.4. The van der Waals surface area contributed by atoms with Crippen LogP contribution in [0.4, 0.5) is 5.69 Å². The SMILES string of the molecule is C=CCn1c(SCC(=O)Nc2cccc(Cl)c2C)nnc1C1CCCN1C(=O)c1ccccc1C. The standard InChI is InChI=1S/C26H28ClN5O2S/c1-4-14-32-24(22-13-8-15-31(22)25(34)19-10-6-5-9-17(19)2)29-30-26(32)35-16-23(33)28-21-12-7-11-20(27)18(21)3/h4-7,9-12,22H,1,8,13-16H2,2-3H3,(H,28,33). The van der Waals surface area contributed by atoms with Crippen molar-refractivity contribution < 1.29 is 9.59 Å². The molecule has 1 unspecified atom stereocenters. The van der Waals surface area contributed by atoms with E-state index in [0.717, 1.165) is 29.8 Å². The molecule has 3 aromatic rings. The Hall–Kier alpha value is -3.10. The number of halogens is 1. The highest BCUT2D eigenvalue weighted by molar-refractivity contribution is 7.99. The molecule has 0 aliphatic carbocycles. The van der Waals surface area contributed by atoms with E-state index in [1.165, 1.54) is 11.8 Å². The highest BCUT2D eigenvalue weighted by atomic mass is 35.5. The van der Waals surface area contributed by atoms with Crippen molar-refractivity contribution in [2.45, 2.75) is 44.4 Å². The number of amides is 2. The number of allylic oxidation sites excluding steroid dienone is 1. The number of hydrogen-bond acceptors (Lipinski definition) is 5. The van der Waals surface area contributed by atoms with E-state index in [9.17, 15) is 9.59 Å². The third-order valence-electron chi connectivity index (χ3n) is 6.12. The normalized spacial score (nSPS) is 15.3. The Morgan fingerprint density at radius 2 is 2.00 bits per heavy atom. The van der Waals surface area contributed by atoms with Gasteiger partial charge in [0.25, 0.3) is 5.91 Å². The summed E-state index contributed by atoms with van der Waals surface area (Å²) in [5.74, 6) is 0.729. The summed E-state index contributed by atoms with van der Waals surface area (Å²) in [6.45, 7) is 8.84. The first-order chi connectivity index (χ1) is 16.9.